The van der Waals surface area contributed by atoms with E-state index < -0.39 is 24.3 Å². The molecular formula is C29H32ClN5O3. The highest BCUT2D eigenvalue weighted by Crippen LogP contribution is 2.38. The number of aliphatic hydroxyl groups is 2. The van der Waals surface area contributed by atoms with Crippen LogP contribution in [0, 0.1) is 0 Å². The van der Waals surface area contributed by atoms with Crippen molar-refractivity contribution in [3.05, 3.63) is 89.1 Å². The summed E-state index contributed by atoms with van der Waals surface area (Å²) in [5.74, 6) is -0.0410. The Hall–Kier alpha value is -3.33. The number of fused-ring (bicyclic) bond motifs is 1. The molecule has 1 amide bonds. The molecule has 4 aromatic rings. The molecule has 198 valence electrons. The van der Waals surface area contributed by atoms with E-state index in [0.717, 1.165) is 12.1 Å². The third-order valence-corrected chi connectivity index (χ3v) is 7.73. The molecule has 1 fully saturated rings. The number of benzene rings is 2. The van der Waals surface area contributed by atoms with Crippen LogP contribution in [0.15, 0.2) is 67.0 Å². The van der Waals surface area contributed by atoms with Gasteiger partial charge in [0.15, 0.2) is 5.65 Å². The molecule has 5 atom stereocenters. The van der Waals surface area contributed by atoms with Gasteiger partial charge in [-0.3, -0.25) is 4.79 Å². The van der Waals surface area contributed by atoms with E-state index in [1.54, 1.807) is 17.8 Å². The number of nitrogens with one attached hydrogen (secondary N) is 1. The molecule has 0 bridgehead atoms. The van der Waals surface area contributed by atoms with E-state index in [2.05, 4.69) is 75.7 Å². The lowest BCUT2D eigenvalue weighted by Crippen LogP contribution is -2.42. The summed E-state index contributed by atoms with van der Waals surface area (Å²) < 4.78 is 1.75. The molecule has 2 heterocycles. The fraction of sp³-hybridized carbons (Fsp3) is 0.379. The molecule has 0 aliphatic heterocycles. The average Bonchev–Trinajstić information content (AvgIpc) is 3.47. The topological polar surface area (TPSA) is 113 Å². The number of nitrogens with zero attached hydrogens (tertiary/aromatic N) is 4. The smallest absolute Gasteiger partial charge is 0.224 e. The highest BCUT2D eigenvalue weighted by Gasteiger charge is 2.43. The average molecular weight is 534 g/mol. The molecule has 1 aliphatic carbocycles. The first-order chi connectivity index (χ1) is 18.4. The zero-order valence-corrected chi connectivity index (χ0v) is 22.2. The minimum atomic E-state index is -1.10. The second kappa shape index (κ2) is 11.2. The number of hydrogen-bond acceptors (Lipinski definition) is 6. The number of aliphatic hydroxyl groups excluding tert-OH is 2. The molecule has 2 aromatic carbocycles. The van der Waals surface area contributed by atoms with Crippen molar-refractivity contribution < 1.29 is 15.0 Å². The maximum Gasteiger partial charge on any atom is 0.224 e. The number of imidazole rings is 1. The minimum absolute atomic E-state index is 0.0116. The molecular weight excluding hydrogens is 502 g/mol. The van der Waals surface area contributed by atoms with E-state index >= 15 is 0 Å². The molecule has 0 saturated heterocycles. The molecule has 5 rings (SSSR count). The number of rotatable bonds is 8. The van der Waals surface area contributed by atoms with E-state index in [4.69, 9.17) is 11.6 Å². The van der Waals surface area contributed by atoms with Crippen molar-refractivity contribution in [1.82, 2.24) is 24.8 Å². The lowest BCUT2D eigenvalue weighted by atomic mass is 9.83. The van der Waals surface area contributed by atoms with Gasteiger partial charge in [-0.1, -0.05) is 74.5 Å². The normalized spacial score (nSPS) is 22.2. The van der Waals surface area contributed by atoms with E-state index in [9.17, 15) is 15.0 Å². The van der Waals surface area contributed by atoms with Crippen molar-refractivity contribution in [2.75, 3.05) is 0 Å². The second-order valence-electron chi connectivity index (χ2n) is 10.0. The van der Waals surface area contributed by atoms with E-state index in [0.29, 0.717) is 24.0 Å². The first-order valence-electron chi connectivity index (χ1n) is 13.0. The van der Waals surface area contributed by atoms with Gasteiger partial charge >= 0.3 is 0 Å². The van der Waals surface area contributed by atoms with Crippen molar-refractivity contribution in [1.29, 1.82) is 0 Å². The maximum absolute atomic E-state index is 11.9. The zero-order chi connectivity index (χ0) is 26.8. The fourth-order valence-electron chi connectivity index (χ4n) is 5.53. The van der Waals surface area contributed by atoms with Crippen LogP contribution in [0.3, 0.4) is 0 Å². The molecule has 0 radical (unpaired) electrons. The van der Waals surface area contributed by atoms with Crippen molar-refractivity contribution in [3.63, 3.8) is 0 Å². The molecule has 1 saturated carbocycles. The van der Waals surface area contributed by atoms with E-state index in [1.165, 1.54) is 11.1 Å². The lowest BCUT2D eigenvalue weighted by Gasteiger charge is -2.22. The van der Waals surface area contributed by atoms with Gasteiger partial charge in [0.05, 0.1) is 24.1 Å². The molecule has 2 aromatic heterocycles. The molecule has 8 nitrogen and oxygen atoms in total. The molecule has 1 unspecified atom stereocenters. The fourth-order valence-corrected chi connectivity index (χ4v) is 5.70. The number of carbonyl (C=O) groups excluding carboxylic acids is 1. The summed E-state index contributed by atoms with van der Waals surface area (Å²) in [4.78, 5) is 25.6. The van der Waals surface area contributed by atoms with Crippen LogP contribution in [-0.2, 0) is 4.79 Å². The molecule has 0 spiro atoms. The van der Waals surface area contributed by atoms with Gasteiger partial charge in [-0.15, -0.1) is 0 Å². The van der Waals surface area contributed by atoms with Crippen LogP contribution in [0.1, 0.15) is 67.8 Å². The second-order valence-corrected chi connectivity index (χ2v) is 10.4. The summed E-state index contributed by atoms with van der Waals surface area (Å²) >= 11 is 6.42. The van der Waals surface area contributed by atoms with E-state index in [1.807, 2.05) is 12.1 Å². The van der Waals surface area contributed by atoms with Crippen molar-refractivity contribution in [2.24, 2.45) is 0 Å². The Morgan fingerprint density at radius 1 is 1.05 bits per heavy atom. The van der Waals surface area contributed by atoms with Crippen LogP contribution in [0.2, 0.25) is 5.28 Å². The van der Waals surface area contributed by atoms with Crippen LogP contribution in [0.4, 0.5) is 0 Å². The largest absolute Gasteiger partial charge is 0.388 e. The molecule has 38 heavy (non-hydrogen) atoms. The number of carbonyl (C=O) groups is 1. The minimum Gasteiger partial charge on any atom is -0.388 e. The first-order valence-corrected chi connectivity index (χ1v) is 13.4. The quantitative estimate of drug-likeness (QED) is 0.290. The summed E-state index contributed by atoms with van der Waals surface area (Å²) in [5.41, 5.74) is 4.29. The standard InChI is InChI=1S/C29H32ClN5O3/c1-3-23(36)32-21-15-22(27(38)26(21)37)35-16-31-25-24(33-29(30)34-28(25)35)17(2)14-20(18-10-6-4-7-11-18)19-12-8-5-9-13-19/h4-13,16-17,20-22,26-27,37-38H,3,14-15H2,1-2H3,(H,32,36)/t17?,21-,22+,26+,27-/m0/s1. The van der Waals surface area contributed by atoms with Crippen LogP contribution in [0.25, 0.3) is 11.2 Å². The van der Waals surface area contributed by atoms with Crippen LogP contribution in [-0.4, -0.2) is 53.9 Å². The van der Waals surface area contributed by atoms with E-state index in [-0.39, 0.29) is 23.0 Å². The Labute approximate surface area is 226 Å². The zero-order valence-electron chi connectivity index (χ0n) is 21.4. The lowest BCUT2D eigenvalue weighted by molar-refractivity contribution is -0.122. The number of aromatic nitrogens is 4. The number of halogens is 1. The third-order valence-electron chi connectivity index (χ3n) is 7.56. The summed E-state index contributed by atoms with van der Waals surface area (Å²) in [6.07, 6.45) is 0.845. The van der Waals surface area contributed by atoms with Crippen LogP contribution in [0.5, 0.6) is 0 Å². The van der Waals surface area contributed by atoms with Crippen molar-refractivity contribution in [3.8, 4) is 0 Å². The van der Waals surface area contributed by atoms with Crippen LogP contribution >= 0.6 is 11.6 Å². The summed E-state index contributed by atoms with van der Waals surface area (Å²) in [5, 5.41) is 24.3. The van der Waals surface area contributed by atoms with Gasteiger partial charge in [-0.2, -0.15) is 4.98 Å². The highest BCUT2D eigenvalue weighted by molar-refractivity contribution is 6.28. The van der Waals surface area contributed by atoms with Gasteiger partial charge in [-0.25, -0.2) is 9.97 Å². The summed E-state index contributed by atoms with van der Waals surface area (Å²) in [6, 6.07) is 19.7. The number of amides is 1. The third kappa shape index (κ3) is 5.16. The Morgan fingerprint density at radius 2 is 1.68 bits per heavy atom. The van der Waals surface area contributed by atoms with Gasteiger partial charge in [0.1, 0.15) is 17.7 Å². The van der Waals surface area contributed by atoms with Crippen molar-refractivity contribution in [2.45, 2.75) is 69.2 Å². The Bertz CT molecular complexity index is 1360. The molecule has 1 aliphatic rings. The Morgan fingerprint density at radius 3 is 2.29 bits per heavy atom. The van der Waals surface area contributed by atoms with Gasteiger partial charge in [0, 0.05) is 18.3 Å². The van der Waals surface area contributed by atoms with Crippen LogP contribution < -0.4 is 5.32 Å². The number of hydrogen-bond donors (Lipinski definition) is 3. The predicted molar refractivity (Wildman–Crippen MR) is 146 cm³/mol. The van der Waals surface area contributed by atoms with Crippen molar-refractivity contribution >= 4 is 28.7 Å². The summed E-state index contributed by atoms with van der Waals surface area (Å²) in [7, 11) is 0. The van der Waals surface area contributed by atoms with Gasteiger partial charge in [-0.05, 0) is 35.6 Å². The Balaban J connectivity index is 1.47. The van der Waals surface area contributed by atoms with Gasteiger partial charge in [0.25, 0.3) is 0 Å². The first kappa shape index (κ1) is 26.3. The van der Waals surface area contributed by atoms with Gasteiger partial charge in [0.2, 0.25) is 11.2 Å². The summed E-state index contributed by atoms with van der Waals surface area (Å²) in [6.45, 7) is 3.86. The van der Waals surface area contributed by atoms with Gasteiger partial charge < -0.3 is 20.1 Å². The molecule has 3 N–H and O–H groups in total. The monoisotopic (exact) mass is 533 g/mol. The predicted octanol–water partition coefficient (Wildman–Crippen LogP) is 4.37. The Kier molecular flexibility index (Phi) is 7.74. The maximum atomic E-state index is 11.9. The molecule has 9 heteroatoms. The SMILES string of the molecule is CCC(=O)N[C@H]1C[C@@H](n2cnc3c(C(C)CC(c4ccccc4)c4ccccc4)nc(Cl)nc32)[C@H](O)[C@@H]1O. The highest BCUT2D eigenvalue weighted by atomic mass is 35.5.